The van der Waals surface area contributed by atoms with Crippen LogP contribution in [0.3, 0.4) is 0 Å². The van der Waals surface area contributed by atoms with Crippen molar-refractivity contribution in [3.8, 4) is 5.69 Å². The third-order valence-electron chi connectivity index (χ3n) is 3.25. The molecule has 0 saturated carbocycles. The normalized spacial score (nSPS) is 22.6. The van der Waals surface area contributed by atoms with Crippen LogP contribution in [0.25, 0.3) is 5.69 Å². The Kier molecular flexibility index (Phi) is 3.39. The Balaban J connectivity index is 1.81. The fraction of sp³-hybridized carbons (Fsp3) is 0.417. The number of rotatable bonds is 4. The van der Waals surface area contributed by atoms with Crippen molar-refractivity contribution in [2.24, 2.45) is 0 Å². The van der Waals surface area contributed by atoms with Crippen LogP contribution in [0.4, 0.5) is 5.95 Å². The lowest BCUT2D eigenvalue weighted by Crippen LogP contribution is -2.34. The monoisotopic (exact) mass is 260 g/mol. The van der Waals surface area contributed by atoms with Gasteiger partial charge in [0, 0.05) is 20.2 Å². The van der Waals surface area contributed by atoms with E-state index < -0.39 is 0 Å². The average molecular weight is 260 g/mol. The number of para-hydroxylation sites is 1. The lowest BCUT2D eigenvalue weighted by atomic mass is 10.2. The van der Waals surface area contributed by atoms with Gasteiger partial charge in [0.1, 0.15) is 0 Å². The molecule has 1 saturated heterocycles. The van der Waals surface area contributed by atoms with Gasteiger partial charge in [0.2, 0.25) is 5.95 Å². The van der Waals surface area contributed by atoms with Crippen LogP contribution in [0.2, 0.25) is 0 Å². The zero-order valence-corrected chi connectivity index (χ0v) is 10.7. The maximum Gasteiger partial charge on any atom is 0.248 e. The van der Waals surface area contributed by atoms with Crippen molar-refractivity contribution in [1.82, 2.24) is 25.5 Å². The molecular formula is C12H16N6O. The molecule has 1 aliphatic rings. The van der Waals surface area contributed by atoms with Crippen molar-refractivity contribution in [1.29, 1.82) is 0 Å². The van der Waals surface area contributed by atoms with E-state index in [0.717, 1.165) is 18.8 Å². The van der Waals surface area contributed by atoms with E-state index in [1.165, 1.54) is 0 Å². The highest BCUT2D eigenvalue weighted by molar-refractivity contribution is 5.39. The SMILES string of the molecule is CO[C@H]1CNC[C@@H]1Nc1nnnn1-c1ccccc1. The number of nitrogens with zero attached hydrogens (tertiary/aromatic N) is 4. The second-order valence-electron chi connectivity index (χ2n) is 4.43. The summed E-state index contributed by atoms with van der Waals surface area (Å²) in [5.74, 6) is 0.627. The first-order chi connectivity index (χ1) is 9.38. The molecule has 0 amide bonds. The summed E-state index contributed by atoms with van der Waals surface area (Å²) >= 11 is 0. The number of benzene rings is 1. The van der Waals surface area contributed by atoms with Crippen LogP contribution < -0.4 is 10.6 Å². The molecular weight excluding hydrogens is 244 g/mol. The van der Waals surface area contributed by atoms with E-state index in [2.05, 4.69) is 26.2 Å². The van der Waals surface area contributed by atoms with Crippen LogP contribution in [0.15, 0.2) is 30.3 Å². The lowest BCUT2D eigenvalue weighted by Gasteiger charge is -2.18. The van der Waals surface area contributed by atoms with Crippen molar-refractivity contribution < 1.29 is 4.74 Å². The number of ether oxygens (including phenoxy) is 1. The molecule has 2 N–H and O–H groups in total. The zero-order chi connectivity index (χ0) is 13.1. The van der Waals surface area contributed by atoms with Gasteiger partial charge in [0.25, 0.3) is 0 Å². The van der Waals surface area contributed by atoms with Crippen LogP contribution in [0.5, 0.6) is 0 Å². The maximum atomic E-state index is 5.42. The topological polar surface area (TPSA) is 76.9 Å². The summed E-state index contributed by atoms with van der Waals surface area (Å²) in [4.78, 5) is 0. The summed E-state index contributed by atoms with van der Waals surface area (Å²) in [5, 5.41) is 18.4. The van der Waals surface area contributed by atoms with Crippen molar-refractivity contribution in [3.05, 3.63) is 30.3 Å². The Bertz CT molecular complexity index is 528. The van der Waals surface area contributed by atoms with Gasteiger partial charge in [-0.05, 0) is 22.6 Å². The Morgan fingerprint density at radius 3 is 2.95 bits per heavy atom. The quantitative estimate of drug-likeness (QED) is 0.809. The van der Waals surface area contributed by atoms with Crippen molar-refractivity contribution in [2.45, 2.75) is 12.1 Å². The molecule has 1 aromatic carbocycles. The molecule has 100 valence electrons. The Morgan fingerprint density at radius 2 is 2.16 bits per heavy atom. The van der Waals surface area contributed by atoms with Crippen LogP contribution in [0.1, 0.15) is 0 Å². The number of nitrogens with one attached hydrogen (secondary N) is 2. The van der Waals surface area contributed by atoms with E-state index in [4.69, 9.17) is 4.74 Å². The van der Waals surface area contributed by atoms with Crippen LogP contribution in [-0.2, 0) is 4.74 Å². The van der Waals surface area contributed by atoms with Gasteiger partial charge in [0.05, 0.1) is 17.8 Å². The molecule has 7 heteroatoms. The largest absolute Gasteiger partial charge is 0.378 e. The zero-order valence-electron chi connectivity index (χ0n) is 10.7. The minimum Gasteiger partial charge on any atom is -0.378 e. The van der Waals surface area contributed by atoms with Gasteiger partial charge in [-0.15, -0.1) is 0 Å². The maximum absolute atomic E-state index is 5.42. The molecule has 3 rings (SSSR count). The summed E-state index contributed by atoms with van der Waals surface area (Å²) in [7, 11) is 1.71. The molecule has 1 aromatic heterocycles. The smallest absolute Gasteiger partial charge is 0.248 e. The first kappa shape index (κ1) is 12.1. The van der Waals surface area contributed by atoms with Gasteiger partial charge < -0.3 is 15.4 Å². The van der Waals surface area contributed by atoms with E-state index in [1.54, 1.807) is 11.8 Å². The number of hydrogen-bond acceptors (Lipinski definition) is 6. The molecule has 2 heterocycles. The number of aromatic nitrogens is 4. The van der Waals surface area contributed by atoms with Gasteiger partial charge in [-0.1, -0.05) is 23.3 Å². The van der Waals surface area contributed by atoms with Crippen molar-refractivity contribution in [3.63, 3.8) is 0 Å². The fourth-order valence-corrected chi connectivity index (χ4v) is 2.23. The standard InChI is InChI=1S/C12H16N6O/c1-19-11-8-13-7-10(11)14-12-15-16-17-18(12)9-5-3-2-4-6-9/h2-6,10-11,13H,7-8H2,1H3,(H,14,15,17)/t10-,11-/m0/s1. The molecule has 1 fully saturated rings. The molecule has 2 aromatic rings. The van der Waals surface area contributed by atoms with E-state index in [1.807, 2.05) is 30.3 Å². The predicted octanol–water partition coefficient (Wildman–Crippen LogP) is 0.0610. The second-order valence-corrected chi connectivity index (χ2v) is 4.43. The summed E-state index contributed by atoms with van der Waals surface area (Å²) in [6, 6.07) is 9.96. The second kappa shape index (κ2) is 5.33. The van der Waals surface area contributed by atoms with Gasteiger partial charge in [-0.3, -0.25) is 0 Å². The summed E-state index contributed by atoms with van der Waals surface area (Å²) < 4.78 is 7.10. The lowest BCUT2D eigenvalue weighted by molar-refractivity contribution is 0.111. The Labute approximate surface area is 111 Å². The molecule has 0 aliphatic carbocycles. The van der Waals surface area contributed by atoms with Crippen LogP contribution in [0, 0.1) is 0 Å². The molecule has 0 bridgehead atoms. The van der Waals surface area contributed by atoms with Crippen LogP contribution >= 0.6 is 0 Å². The number of methoxy groups -OCH3 is 1. The average Bonchev–Trinajstić information content (AvgIpc) is 3.09. The third kappa shape index (κ3) is 2.42. The van der Waals surface area contributed by atoms with Gasteiger partial charge in [0.15, 0.2) is 0 Å². The highest BCUT2D eigenvalue weighted by Crippen LogP contribution is 2.14. The Hall–Kier alpha value is -1.99. The summed E-state index contributed by atoms with van der Waals surface area (Å²) in [6.07, 6.45) is 0.126. The molecule has 2 atom stereocenters. The van der Waals surface area contributed by atoms with E-state index >= 15 is 0 Å². The Morgan fingerprint density at radius 1 is 1.32 bits per heavy atom. The van der Waals surface area contributed by atoms with E-state index in [0.29, 0.717) is 5.95 Å². The van der Waals surface area contributed by atoms with Crippen molar-refractivity contribution >= 4 is 5.95 Å². The van der Waals surface area contributed by atoms with Gasteiger partial charge in [-0.2, -0.15) is 4.68 Å². The fourth-order valence-electron chi connectivity index (χ4n) is 2.23. The first-order valence-electron chi connectivity index (χ1n) is 6.22. The predicted molar refractivity (Wildman–Crippen MR) is 70.2 cm³/mol. The highest BCUT2D eigenvalue weighted by atomic mass is 16.5. The molecule has 1 aliphatic heterocycles. The minimum atomic E-state index is 0.126. The molecule has 0 unspecified atom stereocenters. The molecule has 7 nitrogen and oxygen atoms in total. The number of hydrogen-bond donors (Lipinski definition) is 2. The van der Waals surface area contributed by atoms with E-state index in [9.17, 15) is 0 Å². The summed E-state index contributed by atoms with van der Waals surface area (Å²) in [6.45, 7) is 1.67. The molecule has 0 radical (unpaired) electrons. The molecule has 19 heavy (non-hydrogen) atoms. The third-order valence-corrected chi connectivity index (χ3v) is 3.25. The highest BCUT2D eigenvalue weighted by Gasteiger charge is 2.28. The number of tetrazole rings is 1. The van der Waals surface area contributed by atoms with E-state index in [-0.39, 0.29) is 12.1 Å². The van der Waals surface area contributed by atoms with Gasteiger partial charge >= 0.3 is 0 Å². The number of anilines is 1. The summed E-state index contributed by atoms with van der Waals surface area (Å²) in [5.41, 5.74) is 0.926. The van der Waals surface area contributed by atoms with Crippen LogP contribution in [-0.4, -0.2) is 52.6 Å². The minimum absolute atomic E-state index is 0.126. The van der Waals surface area contributed by atoms with Crippen molar-refractivity contribution in [2.75, 3.05) is 25.5 Å². The molecule has 0 spiro atoms. The first-order valence-corrected chi connectivity index (χ1v) is 6.22. The van der Waals surface area contributed by atoms with Gasteiger partial charge in [-0.25, -0.2) is 0 Å².